The van der Waals surface area contributed by atoms with Crippen LogP contribution in [0.4, 0.5) is 0 Å². The Labute approximate surface area is 130 Å². The first-order chi connectivity index (χ1) is 10.8. The highest BCUT2D eigenvalue weighted by molar-refractivity contribution is 5.83. The summed E-state index contributed by atoms with van der Waals surface area (Å²) in [5.74, 6) is 0.514. The van der Waals surface area contributed by atoms with Crippen LogP contribution in [0.25, 0.3) is 11.1 Å². The molecule has 0 heterocycles. The van der Waals surface area contributed by atoms with Crippen molar-refractivity contribution >= 4 is 0 Å². The normalized spacial score (nSPS) is 15.5. The molecular formula is C20H18O2. The number of benzene rings is 2. The van der Waals surface area contributed by atoms with Crippen molar-refractivity contribution < 1.29 is 10.2 Å². The largest absolute Gasteiger partial charge is 0.507 e. The van der Waals surface area contributed by atoms with Crippen LogP contribution < -0.4 is 0 Å². The second-order valence-corrected chi connectivity index (χ2v) is 5.95. The maximum atomic E-state index is 10.5. The third kappa shape index (κ3) is 1.95. The Morgan fingerprint density at radius 3 is 1.41 bits per heavy atom. The Balaban J connectivity index is 2.02. The van der Waals surface area contributed by atoms with Gasteiger partial charge in [-0.05, 0) is 60.1 Å². The summed E-state index contributed by atoms with van der Waals surface area (Å²) in [6, 6.07) is 7.49. The van der Waals surface area contributed by atoms with Crippen LogP contribution in [-0.4, -0.2) is 10.2 Å². The molecule has 2 aliphatic rings. The zero-order valence-electron chi connectivity index (χ0n) is 12.3. The topological polar surface area (TPSA) is 40.5 Å². The zero-order valence-corrected chi connectivity index (χ0v) is 12.3. The molecule has 110 valence electrons. The fraction of sp³-hybridized carbons (Fsp3) is 0.200. The number of aromatic hydroxyl groups is 2. The van der Waals surface area contributed by atoms with Gasteiger partial charge in [-0.25, -0.2) is 0 Å². The van der Waals surface area contributed by atoms with Crippen LogP contribution in [0.1, 0.15) is 22.3 Å². The van der Waals surface area contributed by atoms with Crippen LogP contribution in [0, 0.1) is 0 Å². The minimum absolute atomic E-state index is 0.257. The first-order valence-electron chi connectivity index (χ1n) is 7.73. The van der Waals surface area contributed by atoms with Gasteiger partial charge in [-0.2, -0.15) is 0 Å². The van der Waals surface area contributed by atoms with Gasteiger partial charge < -0.3 is 10.2 Å². The van der Waals surface area contributed by atoms with E-state index in [9.17, 15) is 10.2 Å². The molecule has 0 radical (unpaired) electrons. The quantitative estimate of drug-likeness (QED) is 0.777. The van der Waals surface area contributed by atoms with Crippen molar-refractivity contribution in [2.24, 2.45) is 0 Å². The van der Waals surface area contributed by atoms with E-state index in [1.807, 2.05) is 12.1 Å². The number of fused-ring (bicyclic) bond motifs is 2. The standard InChI is InChI=1S/C20H18O2/c21-17-11-9-13-5-1-3-7-15(13)19(17)20-16-8-4-2-6-14(16)10-12-18(20)22/h1-4,9-12,21-22H,5-8H2. The van der Waals surface area contributed by atoms with E-state index in [-0.39, 0.29) is 11.5 Å². The highest BCUT2D eigenvalue weighted by Crippen LogP contribution is 2.44. The Morgan fingerprint density at radius 1 is 0.545 bits per heavy atom. The van der Waals surface area contributed by atoms with Crippen LogP contribution in [0.5, 0.6) is 11.5 Å². The van der Waals surface area contributed by atoms with Crippen LogP contribution in [0.2, 0.25) is 0 Å². The molecule has 0 saturated carbocycles. The first-order valence-corrected chi connectivity index (χ1v) is 7.73. The molecule has 0 atom stereocenters. The minimum atomic E-state index is 0.257. The predicted octanol–water partition coefficient (Wildman–Crippen LogP) is 4.07. The van der Waals surface area contributed by atoms with Gasteiger partial charge in [0.1, 0.15) is 11.5 Å². The van der Waals surface area contributed by atoms with Crippen LogP contribution in [0.15, 0.2) is 48.6 Å². The lowest BCUT2D eigenvalue weighted by Gasteiger charge is -2.22. The molecule has 22 heavy (non-hydrogen) atoms. The van der Waals surface area contributed by atoms with E-state index in [1.54, 1.807) is 12.1 Å². The summed E-state index contributed by atoms with van der Waals surface area (Å²) in [6.45, 7) is 0. The molecule has 0 aromatic heterocycles. The lowest BCUT2D eigenvalue weighted by molar-refractivity contribution is 0.468. The van der Waals surface area contributed by atoms with Crippen molar-refractivity contribution in [1.82, 2.24) is 0 Å². The lowest BCUT2D eigenvalue weighted by Crippen LogP contribution is -2.05. The predicted molar refractivity (Wildman–Crippen MR) is 88.3 cm³/mol. The smallest absolute Gasteiger partial charge is 0.123 e. The monoisotopic (exact) mass is 290 g/mol. The highest BCUT2D eigenvalue weighted by Gasteiger charge is 2.22. The molecule has 2 aromatic rings. The van der Waals surface area contributed by atoms with E-state index in [1.165, 1.54) is 11.1 Å². The summed E-state index contributed by atoms with van der Waals surface area (Å²) in [4.78, 5) is 0. The van der Waals surface area contributed by atoms with Crippen molar-refractivity contribution in [2.75, 3.05) is 0 Å². The van der Waals surface area contributed by atoms with E-state index in [0.29, 0.717) is 0 Å². The molecule has 0 amide bonds. The summed E-state index contributed by atoms with van der Waals surface area (Å²) >= 11 is 0. The number of phenols is 2. The number of phenolic OH excluding ortho intramolecular Hbond substituents is 2. The minimum Gasteiger partial charge on any atom is -0.507 e. The molecule has 2 N–H and O–H groups in total. The average Bonchev–Trinajstić information content (AvgIpc) is 2.56. The summed E-state index contributed by atoms with van der Waals surface area (Å²) in [5, 5.41) is 21.0. The van der Waals surface area contributed by atoms with Crippen molar-refractivity contribution in [3.8, 4) is 22.6 Å². The Hall–Kier alpha value is -2.48. The third-order valence-electron chi connectivity index (χ3n) is 4.68. The molecule has 0 aliphatic heterocycles. The lowest BCUT2D eigenvalue weighted by atomic mass is 9.83. The SMILES string of the molecule is Oc1ccc2c(c1-c1c(O)ccc3c1CC=CC3)CC=CC2. The molecule has 2 aliphatic carbocycles. The fourth-order valence-corrected chi connectivity index (χ4v) is 3.59. The number of hydrogen-bond donors (Lipinski definition) is 2. The molecule has 0 fully saturated rings. The summed E-state index contributed by atoms with van der Waals surface area (Å²) in [6.07, 6.45) is 12.0. The summed E-state index contributed by atoms with van der Waals surface area (Å²) < 4.78 is 0. The van der Waals surface area contributed by atoms with Gasteiger partial charge in [0.05, 0.1) is 0 Å². The summed E-state index contributed by atoms with van der Waals surface area (Å²) in [5.41, 5.74) is 6.37. The molecule has 2 nitrogen and oxygen atoms in total. The van der Waals surface area contributed by atoms with Gasteiger partial charge in [-0.3, -0.25) is 0 Å². The molecule has 0 spiro atoms. The number of hydrogen-bond acceptors (Lipinski definition) is 2. The van der Waals surface area contributed by atoms with Gasteiger partial charge in [-0.1, -0.05) is 36.4 Å². The van der Waals surface area contributed by atoms with Gasteiger partial charge >= 0.3 is 0 Å². The van der Waals surface area contributed by atoms with E-state index in [2.05, 4.69) is 24.3 Å². The highest BCUT2D eigenvalue weighted by atomic mass is 16.3. The number of rotatable bonds is 1. The van der Waals surface area contributed by atoms with Gasteiger partial charge in [0.2, 0.25) is 0 Å². The van der Waals surface area contributed by atoms with Gasteiger partial charge in [0.25, 0.3) is 0 Å². The van der Waals surface area contributed by atoms with Crippen LogP contribution in [0.3, 0.4) is 0 Å². The second kappa shape index (κ2) is 5.06. The molecule has 0 saturated heterocycles. The fourth-order valence-electron chi connectivity index (χ4n) is 3.59. The van der Waals surface area contributed by atoms with Gasteiger partial charge in [0, 0.05) is 11.1 Å². The van der Waals surface area contributed by atoms with Crippen molar-refractivity contribution in [3.63, 3.8) is 0 Å². The van der Waals surface area contributed by atoms with Gasteiger partial charge in [0.15, 0.2) is 0 Å². The zero-order chi connectivity index (χ0) is 15.1. The van der Waals surface area contributed by atoms with Crippen molar-refractivity contribution in [1.29, 1.82) is 0 Å². The van der Waals surface area contributed by atoms with E-state index in [0.717, 1.165) is 47.9 Å². The van der Waals surface area contributed by atoms with Crippen LogP contribution in [-0.2, 0) is 25.7 Å². The second-order valence-electron chi connectivity index (χ2n) is 5.95. The van der Waals surface area contributed by atoms with Crippen molar-refractivity contribution in [3.05, 3.63) is 70.8 Å². The molecular weight excluding hydrogens is 272 g/mol. The average molecular weight is 290 g/mol. The Kier molecular flexibility index (Phi) is 3.04. The maximum Gasteiger partial charge on any atom is 0.123 e. The summed E-state index contributed by atoms with van der Waals surface area (Å²) in [7, 11) is 0. The molecule has 2 aromatic carbocycles. The molecule has 0 unspecified atom stereocenters. The molecule has 4 rings (SSSR count). The van der Waals surface area contributed by atoms with E-state index >= 15 is 0 Å². The van der Waals surface area contributed by atoms with Gasteiger partial charge in [-0.15, -0.1) is 0 Å². The van der Waals surface area contributed by atoms with Crippen molar-refractivity contribution in [2.45, 2.75) is 25.7 Å². The van der Waals surface area contributed by atoms with Crippen LogP contribution >= 0.6 is 0 Å². The molecule has 0 bridgehead atoms. The van der Waals surface area contributed by atoms with E-state index < -0.39 is 0 Å². The number of allylic oxidation sites excluding steroid dienone is 4. The maximum absolute atomic E-state index is 10.5. The van der Waals surface area contributed by atoms with E-state index in [4.69, 9.17) is 0 Å². The third-order valence-corrected chi connectivity index (χ3v) is 4.68. The Bertz CT molecular complexity index is 743. The Morgan fingerprint density at radius 2 is 0.955 bits per heavy atom. The first kappa shape index (κ1) is 13.2. The molecule has 2 heteroatoms.